The van der Waals surface area contributed by atoms with Gasteiger partial charge in [-0.3, -0.25) is 4.78 Å². The first kappa shape index (κ1) is 11.0. The molecule has 0 radical (unpaired) electrons. The first-order valence-corrected chi connectivity index (χ1v) is 6.89. The smallest absolute Gasteiger partial charge is 0.0494 e. The highest BCUT2D eigenvalue weighted by atomic mass is 32.2. The number of hydrogen-bond acceptors (Lipinski definition) is 2. The van der Waals surface area contributed by atoms with E-state index in [4.69, 9.17) is 4.78 Å². The third kappa shape index (κ3) is 2.46. The zero-order valence-corrected chi connectivity index (χ0v) is 9.69. The second kappa shape index (κ2) is 3.99. The molecule has 1 aliphatic carbocycles. The molecule has 0 bridgehead atoms. The molecule has 1 N–H and O–H groups in total. The molecule has 3 heteroatoms. The van der Waals surface area contributed by atoms with Gasteiger partial charge in [0, 0.05) is 20.2 Å². The summed E-state index contributed by atoms with van der Waals surface area (Å²) in [6.07, 6.45) is 4.32. The van der Waals surface area contributed by atoms with E-state index < -0.39 is 9.73 Å². The van der Waals surface area contributed by atoms with E-state index in [0.29, 0.717) is 0 Å². The molecule has 1 unspecified atom stereocenters. The Hall–Kier alpha value is -0.0500. The summed E-state index contributed by atoms with van der Waals surface area (Å²) in [4.78, 5) is 0. The fourth-order valence-electron chi connectivity index (χ4n) is 1.96. The topological polar surface area (TPSA) is 40.9 Å². The monoisotopic (exact) mass is 203 g/mol. The molecular weight excluding hydrogens is 182 g/mol. The highest BCUT2D eigenvalue weighted by Crippen LogP contribution is 2.30. The molecule has 1 fully saturated rings. The highest BCUT2D eigenvalue weighted by molar-refractivity contribution is 7.93. The lowest BCUT2D eigenvalue weighted by atomic mass is 9.91. The fraction of sp³-hybridized carbons (Fsp3) is 1.00. The maximum absolute atomic E-state index is 12.0. The van der Waals surface area contributed by atoms with Gasteiger partial charge >= 0.3 is 0 Å². The van der Waals surface area contributed by atoms with Gasteiger partial charge in [-0.1, -0.05) is 20.8 Å². The summed E-state index contributed by atoms with van der Waals surface area (Å²) in [6, 6.07) is 0. The second-order valence-electron chi connectivity index (χ2n) is 4.58. The fourth-order valence-corrected chi connectivity index (χ4v) is 3.71. The zero-order chi connectivity index (χ0) is 10.1. The van der Waals surface area contributed by atoms with Crippen molar-refractivity contribution < 1.29 is 4.21 Å². The normalized spacial score (nSPS) is 34.5. The van der Waals surface area contributed by atoms with Crippen molar-refractivity contribution in [3.63, 3.8) is 0 Å². The molecule has 0 spiro atoms. The van der Waals surface area contributed by atoms with Gasteiger partial charge in [0.25, 0.3) is 0 Å². The van der Waals surface area contributed by atoms with Crippen molar-refractivity contribution >= 4 is 9.73 Å². The molecule has 0 saturated heterocycles. The molecule has 2 nitrogen and oxygen atoms in total. The van der Waals surface area contributed by atoms with Crippen molar-refractivity contribution in [2.45, 2.75) is 57.0 Å². The van der Waals surface area contributed by atoms with E-state index in [1.54, 1.807) is 0 Å². The Bertz CT molecular complexity index is 248. The first-order valence-electron chi connectivity index (χ1n) is 5.21. The number of nitrogens with one attached hydrogen (secondary N) is 1. The quantitative estimate of drug-likeness (QED) is 0.736. The van der Waals surface area contributed by atoms with Crippen molar-refractivity contribution in [1.82, 2.24) is 0 Å². The Morgan fingerprint density at radius 2 is 1.69 bits per heavy atom. The van der Waals surface area contributed by atoms with Crippen LogP contribution in [0.2, 0.25) is 0 Å². The molecule has 13 heavy (non-hydrogen) atoms. The van der Waals surface area contributed by atoms with Gasteiger partial charge in [-0.25, -0.2) is 4.21 Å². The molecule has 0 aliphatic heterocycles. The van der Waals surface area contributed by atoms with E-state index in [1.165, 1.54) is 0 Å². The lowest BCUT2D eigenvalue weighted by Crippen LogP contribution is -2.30. The molecule has 78 valence electrons. The van der Waals surface area contributed by atoms with Crippen LogP contribution in [0.3, 0.4) is 0 Å². The van der Waals surface area contributed by atoms with Crippen LogP contribution in [0.4, 0.5) is 0 Å². The average Bonchev–Trinajstić information content (AvgIpc) is 2.04. The maximum Gasteiger partial charge on any atom is 0.0494 e. The molecule has 0 aromatic carbocycles. The standard InChI is InChI=1S/C10H21NOS/c1-8(2)13(11,12)10-6-4-9(3)5-7-10/h8-11H,4-7H2,1-3H3. The summed E-state index contributed by atoms with van der Waals surface area (Å²) in [6.45, 7) is 6.07. The molecule has 1 atom stereocenters. The van der Waals surface area contributed by atoms with Crippen molar-refractivity contribution in [1.29, 1.82) is 4.78 Å². The van der Waals surface area contributed by atoms with E-state index in [2.05, 4.69) is 6.92 Å². The van der Waals surface area contributed by atoms with E-state index in [9.17, 15) is 4.21 Å². The summed E-state index contributed by atoms with van der Waals surface area (Å²) in [7, 11) is -2.32. The highest BCUT2D eigenvalue weighted by Gasteiger charge is 2.28. The predicted molar refractivity (Wildman–Crippen MR) is 57.4 cm³/mol. The lowest BCUT2D eigenvalue weighted by Gasteiger charge is -2.29. The van der Waals surface area contributed by atoms with Crippen LogP contribution in [-0.2, 0) is 9.73 Å². The Labute approximate surface area is 82.1 Å². The minimum Gasteiger partial charge on any atom is -0.252 e. The van der Waals surface area contributed by atoms with Gasteiger partial charge in [0.2, 0.25) is 0 Å². The van der Waals surface area contributed by atoms with Gasteiger partial charge in [-0.05, 0) is 31.6 Å². The van der Waals surface area contributed by atoms with Crippen LogP contribution in [0.1, 0.15) is 46.5 Å². The molecule has 1 aliphatic rings. The number of rotatable bonds is 2. The van der Waals surface area contributed by atoms with Crippen LogP contribution in [0.15, 0.2) is 0 Å². The van der Waals surface area contributed by atoms with Crippen LogP contribution < -0.4 is 0 Å². The molecular formula is C10H21NOS. The summed E-state index contributed by atoms with van der Waals surface area (Å²) in [5.41, 5.74) is 0. The Kier molecular flexibility index (Phi) is 3.38. The maximum atomic E-state index is 12.0. The van der Waals surface area contributed by atoms with Gasteiger partial charge in [-0.15, -0.1) is 0 Å². The van der Waals surface area contributed by atoms with Crippen molar-refractivity contribution in [2.75, 3.05) is 0 Å². The second-order valence-corrected chi connectivity index (χ2v) is 7.48. The van der Waals surface area contributed by atoms with E-state index in [-0.39, 0.29) is 10.5 Å². The van der Waals surface area contributed by atoms with Crippen molar-refractivity contribution in [3.8, 4) is 0 Å². The molecule has 0 amide bonds. The Balaban J connectivity index is 2.64. The van der Waals surface area contributed by atoms with Gasteiger partial charge < -0.3 is 0 Å². The Morgan fingerprint density at radius 1 is 1.23 bits per heavy atom. The number of hydrogen-bond donors (Lipinski definition) is 1. The predicted octanol–water partition coefficient (Wildman–Crippen LogP) is 3.02. The van der Waals surface area contributed by atoms with E-state index in [0.717, 1.165) is 31.6 Å². The van der Waals surface area contributed by atoms with Crippen LogP contribution in [-0.4, -0.2) is 14.7 Å². The summed E-state index contributed by atoms with van der Waals surface area (Å²) < 4.78 is 19.9. The van der Waals surface area contributed by atoms with Crippen LogP contribution in [0.5, 0.6) is 0 Å². The minimum atomic E-state index is -2.32. The van der Waals surface area contributed by atoms with E-state index >= 15 is 0 Å². The third-order valence-electron chi connectivity index (χ3n) is 3.16. The van der Waals surface area contributed by atoms with Crippen LogP contribution >= 0.6 is 0 Å². The average molecular weight is 203 g/mol. The SMILES string of the molecule is CC1CCC(S(=N)(=O)C(C)C)CC1. The third-order valence-corrected chi connectivity index (χ3v) is 6.02. The largest absolute Gasteiger partial charge is 0.252 e. The van der Waals surface area contributed by atoms with E-state index in [1.807, 2.05) is 13.8 Å². The molecule has 0 aromatic rings. The van der Waals surface area contributed by atoms with Crippen LogP contribution in [0, 0.1) is 10.7 Å². The summed E-state index contributed by atoms with van der Waals surface area (Å²) >= 11 is 0. The summed E-state index contributed by atoms with van der Waals surface area (Å²) in [5, 5.41) is 0.189. The molecule has 1 saturated carbocycles. The molecule has 1 rings (SSSR count). The van der Waals surface area contributed by atoms with Crippen molar-refractivity contribution in [3.05, 3.63) is 0 Å². The van der Waals surface area contributed by atoms with Crippen molar-refractivity contribution in [2.24, 2.45) is 5.92 Å². The summed E-state index contributed by atoms with van der Waals surface area (Å²) in [5.74, 6) is 0.776. The van der Waals surface area contributed by atoms with Gasteiger partial charge in [0.05, 0.1) is 0 Å². The first-order chi connectivity index (χ1) is 5.94. The Morgan fingerprint density at radius 3 is 2.08 bits per heavy atom. The van der Waals surface area contributed by atoms with Gasteiger partial charge in [-0.2, -0.15) is 0 Å². The van der Waals surface area contributed by atoms with Gasteiger partial charge in [0.1, 0.15) is 0 Å². The minimum absolute atomic E-state index is 0.0194. The lowest BCUT2D eigenvalue weighted by molar-refractivity contribution is 0.386. The molecule has 0 aromatic heterocycles. The van der Waals surface area contributed by atoms with Crippen LogP contribution in [0.25, 0.3) is 0 Å². The molecule has 0 heterocycles. The zero-order valence-electron chi connectivity index (χ0n) is 8.88. The van der Waals surface area contributed by atoms with Gasteiger partial charge in [0.15, 0.2) is 0 Å².